The molecule has 0 aliphatic heterocycles. The number of furan rings is 1. The molecule has 7 aromatic carbocycles. The summed E-state index contributed by atoms with van der Waals surface area (Å²) in [5.41, 5.74) is 12.7. The lowest BCUT2D eigenvalue weighted by molar-refractivity contribution is 0.647. The molecule has 2 heteroatoms. The maximum absolute atomic E-state index is 6.37. The molecule has 1 aliphatic carbocycles. The monoisotopic (exact) mass is 577 g/mol. The third-order valence-electron chi connectivity index (χ3n) is 9.63. The Morgan fingerprint density at radius 1 is 0.489 bits per heavy atom. The van der Waals surface area contributed by atoms with Crippen molar-refractivity contribution in [2.75, 3.05) is 4.90 Å². The summed E-state index contributed by atoms with van der Waals surface area (Å²) in [7, 11) is 0. The number of anilines is 3. The number of benzene rings is 7. The molecule has 0 bridgehead atoms. The van der Waals surface area contributed by atoms with E-state index in [0.717, 1.165) is 22.2 Å². The van der Waals surface area contributed by atoms with Crippen molar-refractivity contribution in [2.45, 2.75) is 19.3 Å². The van der Waals surface area contributed by atoms with Gasteiger partial charge in [-0.2, -0.15) is 0 Å². The minimum absolute atomic E-state index is 0.249. The van der Waals surface area contributed by atoms with Gasteiger partial charge < -0.3 is 9.32 Å². The zero-order valence-electron chi connectivity index (χ0n) is 25.3. The Labute approximate surface area is 262 Å². The van der Waals surface area contributed by atoms with E-state index in [9.17, 15) is 0 Å². The molecular formula is C43H31NO. The molecule has 214 valence electrons. The molecule has 0 atom stereocenters. The molecule has 2 nitrogen and oxygen atoms in total. The molecule has 1 heterocycles. The minimum Gasteiger partial charge on any atom is -0.456 e. The van der Waals surface area contributed by atoms with Crippen molar-refractivity contribution in [2.24, 2.45) is 0 Å². The van der Waals surface area contributed by atoms with Gasteiger partial charge in [0.2, 0.25) is 0 Å². The molecule has 0 fully saturated rings. The molecule has 8 aromatic rings. The Morgan fingerprint density at radius 2 is 1.16 bits per heavy atom. The fourth-order valence-electron chi connectivity index (χ4n) is 7.50. The van der Waals surface area contributed by atoms with Crippen LogP contribution in [0.15, 0.2) is 156 Å². The van der Waals surface area contributed by atoms with Gasteiger partial charge in [0.05, 0.1) is 11.4 Å². The standard InChI is InChI=1S/C43H31NO/c1-43(2)37-27-41-36(33-17-8-9-21-40(33)45-41)26-35(37)34-18-11-20-39(42(34)43)44(38-19-10-15-30-14-6-7-16-32(30)38)31-24-22-29(23-25-31)28-12-4-3-5-13-28/h3-27H,1-2H3. The molecule has 0 saturated carbocycles. The van der Waals surface area contributed by atoms with E-state index >= 15 is 0 Å². The third-order valence-corrected chi connectivity index (χ3v) is 9.63. The highest BCUT2D eigenvalue weighted by atomic mass is 16.3. The largest absolute Gasteiger partial charge is 0.456 e. The van der Waals surface area contributed by atoms with Crippen molar-refractivity contribution in [3.05, 3.63) is 163 Å². The number of nitrogens with zero attached hydrogens (tertiary/aromatic N) is 1. The Kier molecular flexibility index (Phi) is 5.58. The fraction of sp³-hybridized carbons (Fsp3) is 0.0698. The van der Waals surface area contributed by atoms with Gasteiger partial charge in [-0.1, -0.05) is 123 Å². The van der Waals surface area contributed by atoms with Crippen molar-refractivity contribution in [1.82, 2.24) is 0 Å². The normalized spacial score (nSPS) is 13.3. The van der Waals surface area contributed by atoms with E-state index in [1.54, 1.807) is 0 Å². The summed E-state index contributed by atoms with van der Waals surface area (Å²) in [6, 6.07) is 54.7. The van der Waals surface area contributed by atoms with E-state index in [0.29, 0.717) is 0 Å². The number of para-hydroxylation sites is 1. The lowest BCUT2D eigenvalue weighted by Gasteiger charge is -2.33. The van der Waals surface area contributed by atoms with Gasteiger partial charge in [-0.3, -0.25) is 0 Å². The van der Waals surface area contributed by atoms with Crippen molar-refractivity contribution in [3.63, 3.8) is 0 Å². The first-order chi connectivity index (χ1) is 22.1. The zero-order chi connectivity index (χ0) is 30.1. The van der Waals surface area contributed by atoms with Crippen molar-refractivity contribution < 1.29 is 4.42 Å². The number of hydrogen-bond acceptors (Lipinski definition) is 2. The van der Waals surface area contributed by atoms with Crippen LogP contribution in [-0.2, 0) is 5.41 Å². The highest BCUT2D eigenvalue weighted by Gasteiger charge is 2.40. The average molecular weight is 578 g/mol. The van der Waals surface area contributed by atoms with Gasteiger partial charge in [-0.15, -0.1) is 0 Å². The van der Waals surface area contributed by atoms with E-state index in [2.05, 4.69) is 164 Å². The minimum atomic E-state index is -0.249. The van der Waals surface area contributed by atoms with Crippen LogP contribution < -0.4 is 4.90 Å². The first-order valence-electron chi connectivity index (χ1n) is 15.6. The SMILES string of the molecule is CC1(C)c2cc3oc4ccccc4c3cc2-c2cccc(N(c3ccc(-c4ccccc4)cc3)c3cccc4ccccc34)c21. The smallest absolute Gasteiger partial charge is 0.135 e. The van der Waals surface area contributed by atoms with E-state index in [1.165, 1.54) is 60.9 Å². The lowest BCUT2D eigenvalue weighted by Crippen LogP contribution is -2.20. The topological polar surface area (TPSA) is 16.4 Å². The Hall–Kier alpha value is -5.60. The maximum atomic E-state index is 6.37. The summed E-state index contributed by atoms with van der Waals surface area (Å²) in [6.45, 7) is 4.71. The second-order valence-electron chi connectivity index (χ2n) is 12.6. The summed E-state index contributed by atoms with van der Waals surface area (Å²) < 4.78 is 6.37. The van der Waals surface area contributed by atoms with Gasteiger partial charge in [0, 0.05) is 27.3 Å². The predicted octanol–water partition coefficient (Wildman–Crippen LogP) is 12.2. The summed E-state index contributed by atoms with van der Waals surface area (Å²) >= 11 is 0. The Morgan fingerprint density at radius 3 is 2.00 bits per heavy atom. The second kappa shape index (κ2) is 9.70. The Balaban J connectivity index is 1.29. The molecule has 0 unspecified atom stereocenters. The number of hydrogen-bond donors (Lipinski definition) is 0. The maximum Gasteiger partial charge on any atom is 0.135 e. The molecule has 9 rings (SSSR count). The first kappa shape index (κ1) is 25.9. The van der Waals surface area contributed by atoms with E-state index < -0.39 is 0 Å². The number of rotatable bonds is 4. The zero-order valence-corrected chi connectivity index (χ0v) is 25.3. The molecule has 0 N–H and O–H groups in total. The van der Waals surface area contributed by atoms with Crippen molar-refractivity contribution >= 4 is 49.8 Å². The highest BCUT2D eigenvalue weighted by Crippen LogP contribution is 2.56. The third kappa shape index (κ3) is 3.89. The molecule has 45 heavy (non-hydrogen) atoms. The summed E-state index contributed by atoms with van der Waals surface area (Å²) in [4.78, 5) is 2.46. The van der Waals surface area contributed by atoms with Gasteiger partial charge in [0.1, 0.15) is 11.2 Å². The average Bonchev–Trinajstić information content (AvgIpc) is 3.56. The highest BCUT2D eigenvalue weighted by molar-refractivity contribution is 6.08. The van der Waals surface area contributed by atoms with E-state index in [-0.39, 0.29) is 5.41 Å². The quantitative estimate of drug-likeness (QED) is 0.207. The molecule has 0 radical (unpaired) electrons. The van der Waals surface area contributed by atoms with E-state index in [1.807, 2.05) is 6.07 Å². The lowest BCUT2D eigenvalue weighted by atomic mass is 9.81. The van der Waals surface area contributed by atoms with Crippen LogP contribution >= 0.6 is 0 Å². The van der Waals surface area contributed by atoms with Gasteiger partial charge in [0.25, 0.3) is 0 Å². The van der Waals surface area contributed by atoms with Gasteiger partial charge in [-0.25, -0.2) is 0 Å². The van der Waals surface area contributed by atoms with Crippen LogP contribution in [0, 0.1) is 0 Å². The molecule has 1 aromatic heterocycles. The van der Waals surface area contributed by atoms with Gasteiger partial charge >= 0.3 is 0 Å². The van der Waals surface area contributed by atoms with Crippen molar-refractivity contribution in [1.29, 1.82) is 0 Å². The molecule has 0 saturated heterocycles. The fourth-order valence-corrected chi connectivity index (χ4v) is 7.50. The molecule has 1 aliphatic rings. The van der Waals surface area contributed by atoms with Crippen LogP contribution in [0.5, 0.6) is 0 Å². The summed E-state index contributed by atoms with van der Waals surface area (Å²) in [5, 5.41) is 4.78. The molecule has 0 spiro atoms. The van der Waals surface area contributed by atoms with Gasteiger partial charge in [-0.05, 0) is 81.2 Å². The van der Waals surface area contributed by atoms with Crippen molar-refractivity contribution in [3.8, 4) is 22.3 Å². The van der Waals surface area contributed by atoms with Crippen LogP contribution in [0.2, 0.25) is 0 Å². The van der Waals surface area contributed by atoms with Crippen LogP contribution in [0.4, 0.5) is 17.1 Å². The molecule has 0 amide bonds. The predicted molar refractivity (Wildman–Crippen MR) is 189 cm³/mol. The summed E-state index contributed by atoms with van der Waals surface area (Å²) in [6.07, 6.45) is 0. The summed E-state index contributed by atoms with van der Waals surface area (Å²) in [5.74, 6) is 0. The second-order valence-corrected chi connectivity index (χ2v) is 12.6. The van der Waals surface area contributed by atoms with Crippen LogP contribution in [-0.4, -0.2) is 0 Å². The van der Waals surface area contributed by atoms with Crippen LogP contribution in [0.3, 0.4) is 0 Å². The van der Waals surface area contributed by atoms with E-state index in [4.69, 9.17) is 4.42 Å². The van der Waals surface area contributed by atoms with Crippen LogP contribution in [0.1, 0.15) is 25.0 Å². The Bertz CT molecular complexity index is 2390. The first-order valence-corrected chi connectivity index (χ1v) is 15.6. The van der Waals surface area contributed by atoms with Gasteiger partial charge in [0.15, 0.2) is 0 Å². The molecular weight excluding hydrogens is 546 g/mol. The number of fused-ring (bicyclic) bond motifs is 7. The van der Waals surface area contributed by atoms with Crippen LogP contribution in [0.25, 0.3) is 55.0 Å².